The molecule has 0 spiro atoms. The number of rotatable bonds is 7. The van der Waals surface area contributed by atoms with Crippen molar-refractivity contribution < 1.29 is 27.5 Å². The van der Waals surface area contributed by atoms with E-state index in [9.17, 15) is 22.8 Å². The van der Waals surface area contributed by atoms with E-state index in [4.69, 9.17) is 4.74 Å². The topological polar surface area (TPSA) is 58.6 Å². The lowest BCUT2D eigenvalue weighted by Gasteiger charge is -2.30. The molecule has 0 radical (unpaired) electrons. The van der Waals surface area contributed by atoms with Gasteiger partial charge in [0.1, 0.15) is 6.54 Å². The molecule has 5 nitrogen and oxygen atoms in total. The largest absolute Gasteiger partial charge is 0.406 e. The van der Waals surface area contributed by atoms with Crippen LogP contribution in [0, 0.1) is 5.92 Å². The highest BCUT2D eigenvalue weighted by Gasteiger charge is 2.36. The molecule has 8 heteroatoms. The van der Waals surface area contributed by atoms with Gasteiger partial charge in [-0.15, -0.1) is 0 Å². The molecule has 1 N–H and O–H groups in total. The van der Waals surface area contributed by atoms with E-state index in [1.807, 2.05) is 0 Å². The van der Waals surface area contributed by atoms with Gasteiger partial charge in [0.2, 0.25) is 11.8 Å². The van der Waals surface area contributed by atoms with E-state index in [1.54, 1.807) is 6.92 Å². The zero-order valence-electron chi connectivity index (χ0n) is 12.0. The molecule has 0 aromatic carbocycles. The van der Waals surface area contributed by atoms with Crippen molar-refractivity contribution >= 4 is 11.8 Å². The second-order valence-electron chi connectivity index (χ2n) is 4.97. The first-order chi connectivity index (χ1) is 9.83. The molecule has 0 aromatic heterocycles. The van der Waals surface area contributed by atoms with Crippen LogP contribution in [-0.2, 0) is 14.3 Å². The van der Waals surface area contributed by atoms with Crippen LogP contribution in [0.3, 0.4) is 0 Å². The molecule has 1 aliphatic heterocycles. The van der Waals surface area contributed by atoms with E-state index < -0.39 is 24.5 Å². The first-order valence-corrected chi connectivity index (χ1v) is 7.03. The molecule has 1 atom stereocenters. The van der Waals surface area contributed by atoms with E-state index in [2.05, 4.69) is 5.32 Å². The summed E-state index contributed by atoms with van der Waals surface area (Å²) in [5.41, 5.74) is 0. The smallest absolute Gasteiger partial charge is 0.382 e. The summed E-state index contributed by atoms with van der Waals surface area (Å²) in [7, 11) is 0. The van der Waals surface area contributed by atoms with Gasteiger partial charge in [-0.3, -0.25) is 9.59 Å². The maximum absolute atomic E-state index is 12.6. The van der Waals surface area contributed by atoms with Crippen LogP contribution in [0.4, 0.5) is 13.2 Å². The maximum atomic E-state index is 12.6. The highest BCUT2D eigenvalue weighted by atomic mass is 19.4. The predicted molar refractivity (Wildman–Crippen MR) is 69.5 cm³/mol. The van der Waals surface area contributed by atoms with Gasteiger partial charge in [-0.05, 0) is 19.8 Å². The van der Waals surface area contributed by atoms with Crippen molar-refractivity contribution in [2.75, 3.05) is 32.8 Å². The highest BCUT2D eigenvalue weighted by Crippen LogP contribution is 2.20. The Morgan fingerprint density at radius 2 is 2.19 bits per heavy atom. The number of carbonyl (C=O) groups excluding carboxylic acids is 2. The van der Waals surface area contributed by atoms with E-state index in [-0.39, 0.29) is 25.4 Å². The molecular weight excluding hydrogens is 289 g/mol. The van der Waals surface area contributed by atoms with Crippen LogP contribution < -0.4 is 5.32 Å². The predicted octanol–water partition coefficient (Wildman–Crippen LogP) is 1.33. The van der Waals surface area contributed by atoms with Gasteiger partial charge in [0.25, 0.3) is 0 Å². The van der Waals surface area contributed by atoms with Crippen LogP contribution in [0.1, 0.15) is 26.2 Å². The van der Waals surface area contributed by atoms with Gasteiger partial charge >= 0.3 is 6.18 Å². The Morgan fingerprint density at radius 3 is 2.71 bits per heavy atom. The number of hydrogen-bond acceptors (Lipinski definition) is 3. The summed E-state index contributed by atoms with van der Waals surface area (Å²) < 4.78 is 42.8. The Balaban J connectivity index is 2.56. The quantitative estimate of drug-likeness (QED) is 0.722. The van der Waals surface area contributed by atoms with Gasteiger partial charge in [0.05, 0.1) is 5.92 Å². The minimum atomic E-state index is -4.43. The van der Waals surface area contributed by atoms with E-state index in [1.165, 1.54) is 0 Å². The van der Waals surface area contributed by atoms with Gasteiger partial charge in [-0.1, -0.05) is 0 Å². The number of ether oxygens (including phenoxy) is 1. The molecule has 0 aliphatic carbocycles. The zero-order valence-corrected chi connectivity index (χ0v) is 12.0. The SMILES string of the molecule is CCOCCCN(CC(F)(F)F)C(=O)C1CCC(=O)NC1. The summed E-state index contributed by atoms with van der Waals surface area (Å²) in [5.74, 6) is -1.29. The molecule has 21 heavy (non-hydrogen) atoms. The van der Waals surface area contributed by atoms with Gasteiger partial charge in [-0.25, -0.2) is 0 Å². The Kier molecular flexibility index (Phi) is 6.94. The lowest BCUT2D eigenvalue weighted by molar-refractivity contribution is -0.164. The number of amides is 2. The molecule has 1 aliphatic rings. The third-order valence-corrected chi connectivity index (χ3v) is 3.22. The van der Waals surface area contributed by atoms with Crippen molar-refractivity contribution in [2.45, 2.75) is 32.4 Å². The monoisotopic (exact) mass is 310 g/mol. The van der Waals surface area contributed by atoms with E-state index in [0.717, 1.165) is 4.90 Å². The number of halogens is 3. The summed E-state index contributed by atoms with van der Waals surface area (Å²) in [5, 5.41) is 2.51. The van der Waals surface area contributed by atoms with Crippen molar-refractivity contribution in [3.8, 4) is 0 Å². The van der Waals surface area contributed by atoms with E-state index in [0.29, 0.717) is 26.1 Å². The third kappa shape index (κ3) is 6.79. The number of carbonyl (C=O) groups is 2. The first kappa shape index (κ1) is 17.7. The summed E-state index contributed by atoms with van der Waals surface area (Å²) >= 11 is 0. The Labute approximate surface area is 121 Å². The summed E-state index contributed by atoms with van der Waals surface area (Å²) in [6.07, 6.45) is -3.60. The van der Waals surface area contributed by atoms with Gasteiger partial charge in [0, 0.05) is 32.7 Å². The molecule has 0 saturated carbocycles. The standard InChI is InChI=1S/C13H21F3N2O3/c1-2-21-7-3-6-18(9-13(14,15)16)12(20)10-4-5-11(19)17-8-10/h10H,2-9H2,1H3,(H,17,19). The third-order valence-electron chi connectivity index (χ3n) is 3.22. The highest BCUT2D eigenvalue weighted by molar-refractivity contribution is 5.83. The molecular formula is C13H21F3N2O3. The Morgan fingerprint density at radius 1 is 1.48 bits per heavy atom. The molecule has 1 rings (SSSR count). The van der Waals surface area contributed by atoms with Crippen LogP contribution in [0.25, 0.3) is 0 Å². The molecule has 1 heterocycles. The average Bonchev–Trinajstić information content (AvgIpc) is 2.41. The average molecular weight is 310 g/mol. The Bertz CT molecular complexity index is 351. The fourth-order valence-electron chi connectivity index (χ4n) is 2.19. The fraction of sp³-hybridized carbons (Fsp3) is 0.846. The van der Waals surface area contributed by atoms with Crippen LogP contribution in [0.5, 0.6) is 0 Å². The van der Waals surface area contributed by atoms with Gasteiger partial charge < -0.3 is 15.0 Å². The lowest BCUT2D eigenvalue weighted by atomic mass is 9.97. The molecule has 1 saturated heterocycles. The van der Waals surface area contributed by atoms with Crippen LogP contribution >= 0.6 is 0 Å². The minimum absolute atomic E-state index is 0.00277. The minimum Gasteiger partial charge on any atom is -0.382 e. The zero-order chi connectivity index (χ0) is 15.9. The fourth-order valence-corrected chi connectivity index (χ4v) is 2.19. The number of nitrogens with zero attached hydrogens (tertiary/aromatic N) is 1. The summed E-state index contributed by atoms with van der Waals surface area (Å²) in [4.78, 5) is 24.0. The van der Waals surface area contributed by atoms with Crippen LogP contribution in [-0.4, -0.2) is 55.7 Å². The summed E-state index contributed by atoms with van der Waals surface area (Å²) in [6.45, 7) is 1.45. The molecule has 122 valence electrons. The number of nitrogens with one attached hydrogen (secondary N) is 1. The van der Waals surface area contributed by atoms with Crippen molar-refractivity contribution in [3.05, 3.63) is 0 Å². The second-order valence-corrected chi connectivity index (χ2v) is 4.97. The maximum Gasteiger partial charge on any atom is 0.406 e. The number of hydrogen-bond donors (Lipinski definition) is 1. The molecule has 0 bridgehead atoms. The van der Waals surface area contributed by atoms with Gasteiger partial charge in [-0.2, -0.15) is 13.2 Å². The first-order valence-electron chi connectivity index (χ1n) is 7.03. The van der Waals surface area contributed by atoms with Gasteiger partial charge in [0.15, 0.2) is 0 Å². The normalized spacial score (nSPS) is 19.2. The van der Waals surface area contributed by atoms with Crippen molar-refractivity contribution in [1.82, 2.24) is 10.2 Å². The van der Waals surface area contributed by atoms with Crippen molar-refractivity contribution in [3.63, 3.8) is 0 Å². The number of alkyl halides is 3. The Hall–Kier alpha value is -1.31. The van der Waals surface area contributed by atoms with E-state index >= 15 is 0 Å². The molecule has 2 amide bonds. The molecule has 0 aromatic rings. The summed E-state index contributed by atoms with van der Waals surface area (Å²) in [6, 6.07) is 0. The number of piperidine rings is 1. The molecule has 1 unspecified atom stereocenters. The lowest BCUT2D eigenvalue weighted by Crippen LogP contribution is -2.48. The van der Waals surface area contributed by atoms with Crippen LogP contribution in [0.15, 0.2) is 0 Å². The molecule has 1 fully saturated rings. The second kappa shape index (κ2) is 8.21. The van der Waals surface area contributed by atoms with Crippen LogP contribution in [0.2, 0.25) is 0 Å². The van der Waals surface area contributed by atoms with Crippen molar-refractivity contribution in [2.24, 2.45) is 5.92 Å². The van der Waals surface area contributed by atoms with Crippen molar-refractivity contribution in [1.29, 1.82) is 0 Å².